The van der Waals surface area contributed by atoms with E-state index in [0.29, 0.717) is 12.6 Å². The van der Waals surface area contributed by atoms with E-state index in [1.54, 1.807) is 0 Å². The van der Waals surface area contributed by atoms with Crippen LogP contribution in [0.25, 0.3) is 0 Å². The smallest absolute Gasteiger partial charge is 0.406 e. The Labute approximate surface area is 115 Å². The van der Waals surface area contributed by atoms with Crippen molar-refractivity contribution in [1.82, 2.24) is 10.2 Å². The number of aryl methyl sites for hydroxylation is 1. The molecule has 0 fully saturated rings. The minimum Gasteiger partial charge on any atom is -0.453 e. The van der Waals surface area contributed by atoms with Crippen LogP contribution in [0.2, 0.25) is 0 Å². The van der Waals surface area contributed by atoms with Gasteiger partial charge in [0.2, 0.25) is 0 Å². The fraction of sp³-hybridized carbons (Fsp3) is 0.533. The molecule has 106 valence electrons. The molecule has 0 spiro atoms. The predicted molar refractivity (Wildman–Crippen MR) is 77.2 cm³/mol. The monoisotopic (exact) mass is 264 g/mol. The number of methoxy groups -OCH3 is 1. The van der Waals surface area contributed by atoms with Crippen molar-refractivity contribution in [3.8, 4) is 0 Å². The molecule has 1 rings (SSSR count). The fourth-order valence-corrected chi connectivity index (χ4v) is 2.14. The summed E-state index contributed by atoms with van der Waals surface area (Å²) in [5, 5.41) is 2.71. The van der Waals surface area contributed by atoms with E-state index in [-0.39, 0.29) is 6.09 Å². The zero-order valence-electron chi connectivity index (χ0n) is 12.3. The molecule has 4 heteroatoms. The first-order valence-corrected chi connectivity index (χ1v) is 6.71. The van der Waals surface area contributed by atoms with Crippen LogP contribution in [0.5, 0.6) is 0 Å². The first kappa shape index (κ1) is 15.5. The number of carbonyl (C=O) groups is 1. The second kappa shape index (κ2) is 7.79. The van der Waals surface area contributed by atoms with Crippen LogP contribution in [-0.2, 0) is 4.74 Å². The van der Waals surface area contributed by atoms with Crippen LogP contribution in [0.1, 0.15) is 31.0 Å². The molecule has 0 aliphatic heterocycles. The van der Waals surface area contributed by atoms with Crippen molar-refractivity contribution in [2.24, 2.45) is 0 Å². The van der Waals surface area contributed by atoms with Crippen molar-refractivity contribution in [2.75, 3.05) is 26.7 Å². The minimum absolute atomic E-state index is 0.337. The maximum atomic E-state index is 11.0. The molecule has 1 aromatic carbocycles. The van der Waals surface area contributed by atoms with Gasteiger partial charge in [0.1, 0.15) is 0 Å². The first-order chi connectivity index (χ1) is 9.08. The van der Waals surface area contributed by atoms with E-state index in [4.69, 9.17) is 0 Å². The van der Waals surface area contributed by atoms with Crippen LogP contribution in [0, 0.1) is 6.92 Å². The van der Waals surface area contributed by atoms with E-state index in [1.807, 2.05) is 0 Å². The molecule has 0 saturated carbocycles. The summed E-state index contributed by atoms with van der Waals surface area (Å²) in [5.41, 5.74) is 2.58. The lowest BCUT2D eigenvalue weighted by Crippen LogP contribution is -2.36. The number of carbonyl (C=O) groups excluding carboxylic acids is 1. The predicted octanol–water partition coefficient (Wildman–Crippen LogP) is 2.73. The second-order valence-electron chi connectivity index (χ2n) is 4.64. The summed E-state index contributed by atoms with van der Waals surface area (Å²) in [7, 11) is 1.38. The van der Waals surface area contributed by atoms with Crippen molar-refractivity contribution in [3.63, 3.8) is 0 Å². The number of ether oxygens (including phenoxy) is 1. The Balaban J connectivity index is 2.56. The summed E-state index contributed by atoms with van der Waals surface area (Å²) < 4.78 is 4.56. The molecule has 0 aromatic heterocycles. The van der Waals surface area contributed by atoms with Crippen molar-refractivity contribution in [3.05, 3.63) is 35.4 Å². The van der Waals surface area contributed by atoms with Gasteiger partial charge in [0.25, 0.3) is 0 Å². The van der Waals surface area contributed by atoms with E-state index in [9.17, 15) is 4.79 Å². The molecule has 1 amide bonds. The normalized spacial score (nSPS) is 12.3. The number of nitrogens with zero attached hydrogens (tertiary/aromatic N) is 1. The Morgan fingerprint density at radius 3 is 2.79 bits per heavy atom. The summed E-state index contributed by atoms with van der Waals surface area (Å²) in [6.07, 6.45) is -0.376. The number of hydrogen-bond donors (Lipinski definition) is 1. The fourth-order valence-electron chi connectivity index (χ4n) is 2.14. The summed E-state index contributed by atoms with van der Waals surface area (Å²) in [4.78, 5) is 13.3. The number of rotatable bonds is 6. The van der Waals surface area contributed by atoms with E-state index >= 15 is 0 Å². The molecular formula is C15H24N2O2. The lowest BCUT2D eigenvalue weighted by molar-refractivity contribution is 0.165. The van der Waals surface area contributed by atoms with Gasteiger partial charge in [-0.25, -0.2) is 4.79 Å². The second-order valence-corrected chi connectivity index (χ2v) is 4.64. The number of alkyl carbamates (subject to hydrolysis) is 1. The van der Waals surface area contributed by atoms with Gasteiger partial charge in [0.15, 0.2) is 0 Å². The third-order valence-electron chi connectivity index (χ3n) is 3.33. The average Bonchev–Trinajstić information content (AvgIpc) is 2.42. The standard InChI is InChI=1S/C15H24N2O2/c1-5-17(10-9-16-15(18)19-4)13(3)14-8-6-7-12(2)11-14/h6-8,11,13H,5,9-10H2,1-4H3,(H,16,18). The maximum Gasteiger partial charge on any atom is 0.406 e. The molecule has 0 bridgehead atoms. The van der Waals surface area contributed by atoms with Crippen LogP contribution in [0.4, 0.5) is 4.79 Å². The average molecular weight is 264 g/mol. The summed E-state index contributed by atoms with van der Waals surface area (Å²) >= 11 is 0. The maximum absolute atomic E-state index is 11.0. The highest BCUT2D eigenvalue weighted by atomic mass is 16.5. The van der Waals surface area contributed by atoms with Crippen molar-refractivity contribution in [2.45, 2.75) is 26.8 Å². The van der Waals surface area contributed by atoms with Crippen LogP contribution < -0.4 is 5.32 Å². The van der Waals surface area contributed by atoms with E-state index in [1.165, 1.54) is 18.2 Å². The zero-order valence-corrected chi connectivity index (χ0v) is 12.3. The Morgan fingerprint density at radius 1 is 1.47 bits per heavy atom. The Hall–Kier alpha value is -1.55. The summed E-state index contributed by atoms with van der Waals surface area (Å²) in [6.45, 7) is 8.77. The zero-order chi connectivity index (χ0) is 14.3. The van der Waals surface area contributed by atoms with Crippen LogP contribution in [0.3, 0.4) is 0 Å². The molecule has 0 radical (unpaired) electrons. The third-order valence-corrected chi connectivity index (χ3v) is 3.33. The number of amides is 1. The van der Waals surface area contributed by atoms with Crippen LogP contribution in [0.15, 0.2) is 24.3 Å². The van der Waals surface area contributed by atoms with Gasteiger partial charge in [-0.2, -0.15) is 0 Å². The van der Waals surface area contributed by atoms with Gasteiger partial charge in [0, 0.05) is 19.1 Å². The largest absolute Gasteiger partial charge is 0.453 e. The topological polar surface area (TPSA) is 41.6 Å². The van der Waals surface area contributed by atoms with Gasteiger partial charge >= 0.3 is 6.09 Å². The van der Waals surface area contributed by atoms with Crippen LogP contribution in [-0.4, -0.2) is 37.7 Å². The van der Waals surface area contributed by atoms with E-state index in [2.05, 4.69) is 60.0 Å². The number of hydrogen-bond acceptors (Lipinski definition) is 3. The van der Waals surface area contributed by atoms with Gasteiger partial charge in [-0.1, -0.05) is 36.8 Å². The molecule has 0 aliphatic rings. The Kier molecular flexibility index (Phi) is 6.36. The SMILES string of the molecule is CCN(CCNC(=O)OC)C(C)c1cccc(C)c1. The molecule has 1 atom stereocenters. The van der Waals surface area contributed by atoms with Crippen LogP contribution >= 0.6 is 0 Å². The molecule has 0 heterocycles. The molecule has 0 aliphatic carbocycles. The molecule has 19 heavy (non-hydrogen) atoms. The summed E-state index contributed by atoms with van der Waals surface area (Å²) in [6, 6.07) is 8.88. The van der Waals surface area contributed by atoms with Gasteiger partial charge < -0.3 is 10.1 Å². The quantitative estimate of drug-likeness (QED) is 0.859. The minimum atomic E-state index is -0.376. The van der Waals surface area contributed by atoms with E-state index in [0.717, 1.165) is 13.1 Å². The van der Waals surface area contributed by atoms with Gasteiger partial charge in [0.05, 0.1) is 7.11 Å². The highest BCUT2D eigenvalue weighted by Gasteiger charge is 2.14. The first-order valence-electron chi connectivity index (χ1n) is 6.71. The highest BCUT2D eigenvalue weighted by Crippen LogP contribution is 2.20. The Bertz CT molecular complexity index is 407. The van der Waals surface area contributed by atoms with E-state index < -0.39 is 0 Å². The molecule has 4 nitrogen and oxygen atoms in total. The van der Waals surface area contributed by atoms with Gasteiger partial charge in [-0.3, -0.25) is 4.90 Å². The number of benzene rings is 1. The summed E-state index contributed by atoms with van der Waals surface area (Å²) in [5.74, 6) is 0. The molecule has 1 aromatic rings. The van der Waals surface area contributed by atoms with Crippen molar-refractivity contribution < 1.29 is 9.53 Å². The number of nitrogens with one attached hydrogen (secondary N) is 1. The molecular weight excluding hydrogens is 240 g/mol. The molecule has 1 N–H and O–H groups in total. The van der Waals surface area contributed by atoms with Crippen molar-refractivity contribution >= 4 is 6.09 Å². The third kappa shape index (κ3) is 4.91. The highest BCUT2D eigenvalue weighted by molar-refractivity contribution is 5.66. The molecule has 1 unspecified atom stereocenters. The number of likely N-dealkylation sites (N-methyl/N-ethyl adjacent to an activating group) is 1. The van der Waals surface area contributed by atoms with Gasteiger partial charge in [-0.05, 0) is 26.0 Å². The van der Waals surface area contributed by atoms with Gasteiger partial charge in [-0.15, -0.1) is 0 Å². The Morgan fingerprint density at radius 2 is 2.21 bits per heavy atom. The lowest BCUT2D eigenvalue weighted by Gasteiger charge is -2.28. The lowest BCUT2D eigenvalue weighted by atomic mass is 10.0. The van der Waals surface area contributed by atoms with Crippen molar-refractivity contribution in [1.29, 1.82) is 0 Å². The molecule has 0 saturated heterocycles.